The largest absolute Gasteiger partial charge is 0.481 e. The van der Waals surface area contributed by atoms with Gasteiger partial charge in [-0.05, 0) is 12.8 Å². The summed E-state index contributed by atoms with van der Waals surface area (Å²) >= 11 is 0. The second-order valence-corrected chi connectivity index (χ2v) is 3.15. The molecule has 4 nitrogen and oxygen atoms in total. The molecule has 0 aromatic heterocycles. The van der Waals surface area contributed by atoms with E-state index in [1.807, 2.05) is 0 Å². The molecule has 1 aliphatic carbocycles. The Kier molecular flexibility index (Phi) is 2.68. The summed E-state index contributed by atoms with van der Waals surface area (Å²) in [6, 6.07) is 0. The first kappa shape index (κ1) is 9.03. The third-order valence-corrected chi connectivity index (χ3v) is 2.39. The van der Waals surface area contributed by atoms with Gasteiger partial charge in [0.2, 0.25) is 0 Å². The number of hydrogen-bond donors (Lipinski definition) is 1. The van der Waals surface area contributed by atoms with Crippen LogP contribution in [0.5, 0.6) is 0 Å². The smallest absolute Gasteiger partial charge is 0.359 e. The van der Waals surface area contributed by atoms with E-state index in [-0.39, 0.29) is 0 Å². The molecule has 0 saturated heterocycles. The van der Waals surface area contributed by atoms with Crippen LogP contribution >= 0.6 is 0 Å². The number of carbonyl (C=O) groups excluding carboxylic acids is 1. The second kappa shape index (κ2) is 3.56. The fraction of sp³-hybridized carbons (Fsp3) is 0.750. The predicted molar refractivity (Wildman–Crippen MR) is 38.8 cm³/mol. The monoisotopic (exact) mass is 171 g/mol. The average Bonchev–Trinajstić information content (AvgIpc) is 2.04. The van der Waals surface area contributed by atoms with Crippen molar-refractivity contribution in [2.75, 3.05) is 0 Å². The minimum absolute atomic E-state index is 0.444. The highest BCUT2D eigenvalue weighted by atomic mass is 16.4. The first-order chi connectivity index (χ1) is 5.63. The molecule has 0 spiro atoms. The average molecular weight is 171 g/mol. The highest BCUT2D eigenvalue weighted by Crippen LogP contribution is 2.30. The lowest BCUT2D eigenvalue weighted by Gasteiger charge is -2.23. The van der Waals surface area contributed by atoms with Crippen LogP contribution in [0.2, 0.25) is 0 Å². The zero-order valence-corrected chi connectivity index (χ0v) is 6.66. The molecule has 1 fully saturated rings. The Balaban J connectivity index is 2.67. The molecule has 0 aromatic carbocycles. The van der Waals surface area contributed by atoms with E-state index in [4.69, 9.17) is 5.11 Å². The molecule has 1 rings (SSSR count). The maximum atomic E-state index is 10.6. The fourth-order valence-corrected chi connectivity index (χ4v) is 1.71. The van der Waals surface area contributed by atoms with Crippen LogP contribution in [0, 0.1) is 11.8 Å². The highest BCUT2D eigenvalue weighted by Gasteiger charge is 2.36. The van der Waals surface area contributed by atoms with Gasteiger partial charge in [-0.1, -0.05) is 12.8 Å². The quantitative estimate of drug-likeness (QED) is 0.668. The van der Waals surface area contributed by atoms with Crippen molar-refractivity contribution in [1.29, 1.82) is 0 Å². The Morgan fingerprint density at radius 3 is 1.92 bits per heavy atom. The van der Waals surface area contributed by atoms with Gasteiger partial charge in [0.05, 0.1) is 11.8 Å². The molecule has 2 unspecified atom stereocenters. The minimum atomic E-state index is -1.22. The molecular weight excluding hydrogens is 160 g/mol. The number of rotatable bonds is 2. The van der Waals surface area contributed by atoms with Crippen LogP contribution in [-0.2, 0) is 14.7 Å². The first-order valence-corrected chi connectivity index (χ1v) is 4.06. The van der Waals surface area contributed by atoms with Gasteiger partial charge in [0.15, 0.2) is 0 Å². The third kappa shape index (κ3) is 1.75. The number of carbonyl (C=O) groups is 2. The summed E-state index contributed by atoms with van der Waals surface area (Å²) in [7, 11) is 0. The summed E-state index contributed by atoms with van der Waals surface area (Å²) in [5.41, 5.74) is 0. The van der Waals surface area contributed by atoms with Crippen molar-refractivity contribution in [3.05, 3.63) is 0 Å². The molecule has 0 amide bonds. The van der Waals surface area contributed by atoms with Crippen LogP contribution in [0.15, 0.2) is 0 Å². The lowest BCUT2D eigenvalue weighted by atomic mass is 9.79. The number of carboxylic acids is 1. The zero-order valence-electron chi connectivity index (χ0n) is 6.66. The summed E-state index contributed by atoms with van der Waals surface area (Å²) in [6.45, 7) is 0. The molecule has 0 aliphatic heterocycles. The first-order valence-electron chi connectivity index (χ1n) is 4.06. The Morgan fingerprint density at radius 2 is 1.58 bits per heavy atom. The second-order valence-electron chi connectivity index (χ2n) is 3.15. The molecule has 2 atom stereocenters. The summed E-state index contributed by atoms with van der Waals surface area (Å²) in [6.07, 6.45) is 2.51. The van der Waals surface area contributed by atoms with Crippen LogP contribution in [-0.4, -0.2) is 17.0 Å². The van der Waals surface area contributed by atoms with Gasteiger partial charge < -0.3 is 5.11 Å². The van der Waals surface area contributed by atoms with Crippen LogP contribution in [0.25, 0.3) is 0 Å². The van der Waals surface area contributed by atoms with Crippen molar-refractivity contribution in [3.63, 3.8) is 0 Å². The molecule has 1 radical (unpaired) electrons. The number of carboxylic acid groups (broad SMARTS) is 1. The normalized spacial score (nSPS) is 29.7. The lowest BCUT2D eigenvalue weighted by Crippen LogP contribution is -2.31. The van der Waals surface area contributed by atoms with Crippen molar-refractivity contribution in [2.45, 2.75) is 25.7 Å². The van der Waals surface area contributed by atoms with Gasteiger partial charge in [-0.15, -0.1) is 0 Å². The van der Waals surface area contributed by atoms with Crippen molar-refractivity contribution in [3.8, 4) is 0 Å². The number of aliphatic carboxylic acids is 1. The van der Waals surface area contributed by atoms with E-state index in [9.17, 15) is 14.7 Å². The number of hydrogen-bond acceptors (Lipinski definition) is 2. The Bertz CT molecular complexity index is 177. The third-order valence-electron chi connectivity index (χ3n) is 2.39. The van der Waals surface area contributed by atoms with E-state index in [0.29, 0.717) is 12.8 Å². The molecule has 0 bridgehead atoms. The molecule has 1 saturated carbocycles. The minimum Gasteiger partial charge on any atom is -0.481 e. The van der Waals surface area contributed by atoms with E-state index in [1.54, 1.807) is 0 Å². The zero-order chi connectivity index (χ0) is 9.14. The predicted octanol–water partition coefficient (Wildman–Crippen LogP) is 0.835. The van der Waals surface area contributed by atoms with E-state index >= 15 is 0 Å². The van der Waals surface area contributed by atoms with Gasteiger partial charge in [-0.2, -0.15) is 0 Å². The molecule has 12 heavy (non-hydrogen) atoms. The SMILES string of the molecule is [O]C(=O)C1CCCCC1C(=O)O. The molecule has 0 aromatic rings. The van der Waals surface area contributed by atoms with Crippen LogP contribution < -0.4 is 0 Å². The maximum Gasteiger partial charge on any atom is 0.359 e. The fourth-order valence-electron chi connectivity index (χ4n) is 1.71. The van der Waals surface area contributed by atoms with Gasteiger partial charge in [-0.25, -0.2) is 9.90 Å². The van der Waals surface area contributed by atoms with E-state index in [1.165, 1.54) is 0 Å². The van der Waals surface area contributed by atoms with Gasteiger partial charge >= 0.3 is 11.9 Å². The van der Waals surface area contributed by atoms with E-state index in [2.05, 4.69) is 0 Å². The standard InChI is InChI=1S/C8H11O4/c9-7(10)5-3-1-2-4-6(5)8(11)12/h5-6H,1-4H2,(H,9,10). The molecule has 1 aliphatic rings. The molecule has 1 N–H and O–H groups in total. The van der Waals surface area contributed by atoms with Crippen molar-refractivity contribution in [1.82, 2.24) is 0 Å². The summed E-state index contributed by atoms with van der Waals surface area (Å²) in [4.78, 5) is 21.1. The highest BCUT2D eigenvalue weighted by molar-refractivity contribution is 5.79. The van der Waals surface area contributed by atoms with E-state index < -0.39 is 23.8 Å². The Labute approximate surface area is 70.2 Å². The topological polar surface area (TPSA) is 74.3 Å². The van der Waals surface area contributed by atoms with Crippen LogP contribution in [0.3, 0.4) is 0 Å². The molecule has 67 valence electrons. The lowest BCUT2D eigenvalue weighted by molar-refractivity contribution is -0.159. The Hall–Kier alpha value is -1.06. The van der Waals surface area contributed by atoms with Crippen LogP contribution in [0.4, 0.5) is 0 Å². The van der Waals surface area contributed by atoms with Crippen molar-refractivity contribution >= 4 is 11.9 Å². The maximum absolute atomic E-state index is 10.6. The van der Waals surface area contributed by atoms with Gasteiger partial charge in [0, 0.05) is 0 Å². The van der Waals surface area contributed by atoms with E-state index in [0.717, 1.165) is 12.8 Å². The summed E-state index contributed by atoms with van der Waals surface area (Å²) in [5.74, 6) is -3.74. The molecular formula is C8H11O4. The summed E-state index contributed by atoms with van der Waals surface area (Å²) in [5, 5.41) is 19.2. The Morgan fingerprint density at radius 1 is 1.08 bits per heavy atom. The van der Waals surface area contributed by atoms with Gasteiger partial charge in [0.25, 0.3) is 0 Å². The van der Waals surface area contributed by atoms with Crippen molar-refractivity contribution in [2.24, 2.45) is 11.8 Å². The molecule has 4 heteroatoms. The van der Waals surface area contributed by atoms with Crippen molar-refractivity contribution < 1.29 is 19.8 Å². The molecule has 0 heterocycles. The van der Waals surface area contributed by atoms with Crippen LogP contribution in [0.1, 0.15) is 25.7 Å². The van der Waals surface area contributed by atoms with Gasteiger partial charge in [0.1, 0.15) is 0 Å². The van der Waals surface area contributed by atoms with Gasteiger partial charge in [-0.3, -0.25) is 4.79 Å². The summed E-state index contributed by atoms with van der Waals surface area (Å²) < 4.78 is 0.